The zero-order valence-corrected chi connectivity index (χ0v) is 11.5. The van der Waals surface area contributed by atoms with E-state index in [-0.39, 0.29) is 0 Å². The van der Waals surface area contributed by atoms with Gasteiger partial charge in [-0.25, -0.2) is 9.59 Å². The number of rotatable bonds is 5. The van der Waals surface area contributed by atoms with Gasteiger partial charge in [-0.1, -0.05) is 22.9 Å². The lowest BCUT2D eigenvalue weighted by Gasteiger charge is -2.01. The van der Waals surface area contributed by atoms with Gasteiger partial charge in [-0.15, -0.1) is 0 Å². The highest BCUT2D eigenvalue weighted by molar-refractivity contribution is 9.10. The maximum absolute atomic E-state index is 11.3. The van der Waals surface area contributed by atoms with Crippen molar-refractivity contribution in [1.29, 1.82) is 0 Å². The molecule has 0 radical (unpaired) electrons. The molecule has 0 aliphatic heterocycles. The van der Waals surface area contributed by atoms with Gasteiger partial charge in [0, 0.05) is 16.6 Å². The van der Waals surface area contributed by atoms with Gasteiger partial charge in [0.05, 0.1) is 6.61 Å². The Hall–Kier alpha value is -1.62. The molecule has 0 amide bonds. The van der Waals surface area contributed by atoms with E-state index in [1.54, 1.807) is 24.3 Å². The average Bonchev–Trinajstić information content (AvgIpc) is 2.36. The van der Waals surface area contributed by atoms with Crippen molar-refractivity contribution in [3.63, 3.8) is 0 Å². The van der Waals surface area contributed by atoms with E-state index in [1.165, 1.54) is 0 Å². The summed E-state index contributed by atoms with van der Waals surface area (Å²) in [7, 11) is 0. The molecule has 4 nitrogen and oxygen atoms in total. The first-order chi connectivity index (χ1) is 8.61. The van der Waals surface area contributed by atoms with E-state index >= 15 is 0 Å². The van der Waals surface area contributed by atoms with Crippen LogP contribution >= 0.6 is 15.9 Å². The molecular formula is C13H13BrO4. The summed E-state index contributed by atoms with van der Waals surface area (Å²) in [5.74, 6) is -0.759. The minimum absolute atomic E-state index is 0.338. The van der Waals surface area contributed by atoms with Gasteiger partial charge in [0.25, 0.3) is 0 Å². The Morgan fingerprint density at radius 3 is 2.39 bits per heavy atom. The molecule has 1 aromatic carbocycles. The first-order valence-corrected chi connectivity index (χ1v) is 6.23. The van der Waals surface area contributed by atoms with E-state index in [4.69, 9.17) is 9.47 Å². The summed E-state index contributed by atoms with van der Waals surface area (Å²) in [6.45, 7) is 2.23. The molecule has 0 spiro atoms. The molecule has 5 heteroatoms. The van der Waals surface area contributed by atoms with E-state index in [0.29, 0.717) is 12.4 Å². The summed E-state index contributed by atoms with van der Waals surface area (Å²) in [6.07, 6.45) is 2.83. The fourth-order valence-electron chi connectivity index (χ4n) is 1.04. The van der Waals surface area contributed by atoms with Crippen molar-refractivity contribution >= 4 is 27.9 Å². The molecular weight excluding hydrogens is 300 g/mol. The molecule has 0 aromatic heterocycles. The molecule has 0 unspecified atom stereocenters. The Bertz CT molecular complexity index is 437. The van der Waals surface area contributed by atoms with Gasteiger partial charge in [-0.2, -0.15) is 0 Å². The van der Waals surface area contributed by atoms with Gasteiger partial charge in [0.15, 0.2) is 0 Å². The fourth-order valence-corrected chi connectivity index (χ4v) is 1.30. The van der Waals surface area contributed by atoms with Crippen molar-refractivity contribution in [2.45, 2.75) is 13.3 Å². The predicted octanol–water partition coefficient (Wildman–Crippen LogP) is 2.86. The van der Waals surface area contributed by atoms with Crippen LogP contribution in [-0.2, 0) is 14.3 Å². The second-order valence-electron chi connectivity index (χ2n) is 3.38. The predicted molar refractivity (Wildman–Crippen MR) is 70.2 cm³/mol. The molecule has 0 atom stereocenters. The third-order valence-corrected chi connectivity index (χ3v) is 2.36. The molecule has 0 saturated heterocycles. The Labute approximate surface area is 114 Å². The molecule has 96 valence electrons. The Morgan fingerprint density at radius 1 is 1.17 bits per heavy atom. The Balaban J connectivity index is 2.44. The summed E-state index contributed by atoms with van der Waals surface area (Å²) >= 11 is 3.27. The van der Waals surface area contributed by atoms with Crippen LogP contribution in [-0.4, -0.2) is 18.5 Å². The topological polar surface area (TPSA) is 52.6 Å². The SMILES string of the molecule is CCCOC(=O)/C=C/C(=O)Oc1ccc(Br)cc1. The lowest BCUT2D eigenvalue weighted by atomic mass is 10.3. The summed E-state index contributed by atoms with van der Waals surface area (Å²) in [5, 5.41) is 0. The first kappa shape index (κ1) is 14.4. The summed E-state index contributed by atoms with van der Waals surface area (Å²) < 4.78 is 10.6. The molecule has 0 N–H and O–H groups in total. The number of hydrogen-bond acceptors (Lipinski definition) is 4. The van der Waals surface area contributed by atoms with Crippen molar-refractivity contribution in [2.24, 2.45) is 0 Å². The average molecular weight is 313 g/mol. The van der Waals surface area contributed by atoms with Gasteiger partial charge in [0.2, 0.25) is 0 Å². The zero-order valence-electron chi connectivity index (χ0n) is 9.89. The molecule has 0 saturated carbocycles. The van der Waals surface area contributed by atoms with Crippen LogP contribution in [0.25, 0.3) is 0 Å². The van der Waals surface area contributed by atoms with E-state index in [0.717, 1.165) is 23.0 Å². The summed E-state index contributed by atoms with van der Waals surface area (Å²) in [4.78, 5) is 22.4. The van der Waals surface area contributed by atoms with E-state index in [2.05, 4.69) is 15.9 Å². The van der Waals surface area contributed by atoms with Crippen LogP contribution in [0.4, 0.5) is 0 Å². The second-order valence-corrected chi connectivity index (χ2v) is 4.29. The van der Waals surface area contributed by atoms with Crippen molar-refractivity contribution in [3.8, 4) is 5.75 Å². The fraction of sp³-hybridized carbons (Fsp3) is 0.231. The molecule has 0 aliphatic rings. The Morgan fingerprint density at radius 2 is 1.78 bits per heavy atom. The number of ether oxygens (including phenoxy) is 2. The molecule has 0 bridgehead atoms. The zero-order chi connectivity index (χ0) is 13.4. The van der Waals surface area contributed by atoms with Crippen molar-refractivity contribution in [1.82, 2.24) is 0 Å². The smallest absolute Gasteiger partial charge is 0.336 e. The molecule has 1 aromatic rings. The van der Waals surface area contributed by atoms with Gasteiger partial charge >= 0.3 is 11.9 Å². The number of carbonyl (C=O) groups is 2. The second kappa shape index (κ2) is 7.66. The number of benzene rings is 1. The highest BCUT2D eigenvalue weighted by Gasteiger charge is 2.02. The van der Waals surface area contributed by atoms with Crippen LogP contribution < -0.4 is 4.74 Å². The van der Waals surface area contributed by atoms with E-state index in [9.17, 15) is 9.59 Å². The highest BCUT2D eigenvalue weighted by atomic mass is 79.9. The van der Waals surface area contributed by atoms with Gasteiger partial charge in [-0.3, -0.25) is 0 Å². The first-order valence-electron chi connectivity index (χ1n) is 5.44. The van der Waals surface area contributed by atoms with Crippen LogP contribution in [0.5, 0.6) is 5.75 Å². The van der Waals surface area contributed by atoms with Gasteiger partial charge < -0.3 is 9.47 Å². The van der Waals surface area contributed by atoms with Crippen LogP contribution in [0, 0.1) is 0 Å². The van der Waals surface area contributed by atoms with E-state index < -0.39 is 11.9 Å². The lowest BCUT2D eigenvalue weighted by Crippen LogP contribution is -2.06. The largest absolute Gasteiger partial charge is 0.463 e. The lowest BCUT2D eigenvalue weighted by molar-refractivity contribution is -0.138. The molecule has 0 aliphatic carbocycles. The van der Waals surface area contributed by atoms with Crippen molar-refractivity contribution in [3.05, 3.63) is 40.9 Å². The number of carbonyl (C=O) groups excluding carboxylic acids is 2. The molecule has 0 heterocycles. The molecule has 1 rings (SSSR count). The summed E-state index contributed by atoms with van der Waals surface area (Å²) in [6, 6.07) is 6.79. The molecule has 0 fully saturated rings. The van der Waals surface area contributed by atoms with Crippen LogP contribution in [0.2, 0.25) is 0 Å². The van der Waals surface area contributed by atoms with Gasteiger partial charge in [0.1, 0.15) is 5.75 Å². The maximum atomic E-state index is 11.3. The summed E-state index contributed by atoms with van der Waals surface area (Å²) in [5.41, 5.74) is 0. The van der Waals surface area contributed by atoms with Crippen LogP contribution in [0.3, 0.4) is 0 Å². The maximum Gasteiger partial charge on any atom is 0.336 e. The number of halogens is 1. The van der Waals surface area contributed by atoms with Gasteiger partial charge in [-0.05, 0) is 30.7 Å². The van der Waals surface area contributed by atoms with Crippen molar-refractivity contribution < 1.29 is 19.1 Å². The monoisotopic (exact) mass is 312 g/mol. The minimum atomic E-state index is -0.620. The van der Waals surface area contributed by atoms with Crippen LogP contribution in [0.15, 0.2) is 40.9 Å². The Kier molecular flexibility index (Phi) is 6.14. The number of hydrogen-bond donors (Lipinski definition) is 0. The third-order valence-electron chi connectivity index (χ3n) is 1.84. The minimum Gasteiger partial charge on any atom is -0.463 e. The highest BCUT2D eigenvalue weighted by Crippen LogP contribution is 2.16. The number of esters is 2. The van der Waals surface area contributed by atoms with E-state index in [1.807, 2.05) is 6.92 Å². The standard InChI is InChI=1S/C13H13BrO4/c1-2-9-17-12(15)7-8-13(16)18-11-5-3-10(14)4-6-11/h3-8H,2,9H2,1H3/b8-7+. The van der Waals surface area contributed by atoms with Crippen LogP contribution in [0.1, 0.15) is 13.3 Å². The third kappa shape index (κ3) is 5.63. The normalized spacial score (nSPS) is 10.3. The van der Waals surface area contributed by atoms with Crippen molar-refractivity contribution in [2.75, 3.05) is 6.61 Å². The quantitative estimate of drug-likeness (QED) is 0.476. The molecule has 18 heavy (non-hydrogen) atoms.